The number of hydrogen-bond donors (Lipinski definition) is 3. The Morgan fingerprint density at radius 2 is 2.15 bits per heavy atom. The van der Waals surface area contributed by atoms with Gasteiger partial charge in [0.05, 0.1) is 17.0 Å². The normalized spacial score (nSPS) is 19.2. The van der Waals surface area contributed by atoms with Crippen molar-refractivity contribution >= 4 is 49.7 Å². The summed E-state index contributed by atoms with van der Waals surface area (Å²) in [4.78, 5) is 11.2. The molecule has 11 heteroatoms. The van der Waals surface area contributed by atoms with E-state index in [9.17, 15) is 18.3 Å². The number of hydrogen-bond acceptors (Lipinski definition) is 6. The topological polar surface area (TPSA) is 139 Å². The Balaban J connectivity index is 1.84. The number of carbonyl (C=O) groups excluding carboxylic acids is 1. The molecular weight excluding hydrogens is 378 g/mol. The minimum atomic E-state index is -3.03. The summed E-state index contributed by atoms with van der Waals surface area (Å²) < 4.78 is 24.3. The smallest absolute Gasteiger partial charge is 0.237 e. The molecule has 9 nitrogen and oxygen atoms in total. The first kappa shape index (κ1) is 18.3. The number of aromatic hydroxyl groups is 1. The van der Waals surface area contributed by atoms with Crippen molar-refractivity contribution in [1.82, 2.24) is 9.88 Å². The van der Waals surface area contributed by atoms with Gasteiger partial charge in [-0.25, -0.2) is 8.42 Å². The number of rotatable bonds is 4. The van der Waals surface area contributed by atoms with Crippen molar-refractivity contribution in [2.75, 3.05) is 11.5 Å². The zero-order valence-corrected chi connectivity index (χ0v) is 15.3. The highest BCUT2D eigenvalue weighted by atomic mass is 32.2. The molecule has 26 heavy (non-hydrogen) atoms. The van der Waals surface area contributed by atoms with Crippen LogP contribution >= 0.6 is 12.2 Å². The fourth-order valence-corrected chi connectivity index (χ4v) is 4.77. The molecule has 0 radical (unpaired) electrons. The summed E-state index contributed by atoms with van der Waals surface area (Å²) in [6.45, 7) is -0.204. The van der Waals surface area contributed by atoms with Crippen LogP contribution in [0.3, 0.4) is 0 Å². The van der Waals surface area contributed by atoms with Crippen molar-refractivity contribution in [1.29, 1.82) is 0 Å². The summed E-state index contributed by atoms with van der Waals surface area (Å²) in [5.74, 6) is -0.735. The van der Waals surface area contributed by atoms with E-state index in [0.29, 0.717) is 17.3 Å². The van der Waals surface area contributed by atoms with Gasteiger partial charge in [-0.1, -0.05) is 18.2 Å². The summed E-state index contributed by atoms with van der Waals surface area (Å²) in [6.07, 6.45) is 0.459. The number of primary amides is 1. The van der Waals surface area contributed by atoms with Gasteiger partial charge in [0.1, 0.15) is 6.54 Å². The SMILES string of the molecule is NC(=O)Cn1c(O)c(N=NC(=S)N[C@@H]2CCS(=O)(=O)C2)c2ccccc21. The second kappa shape index (κ2) is 7.00. The Bertz CT molecular complexity index is 1010. The van der Waals surface area contributed by atoms with Gasteiger partial charge >= 0.3 is 0 Å². The predicted octanol–water partition coefficient (Wildman–Crippen LogP) is 0.977. The van der Waals surface area contributed by atoms with Gasteiger partial charge in [-0.3, -0.25) is 4.79 Å². The highest BCUT2D eigenvalue weighted by Gasteiger charge is 2.28. The first-order valence-electron chi connectivity index (χ1n) is 7.78. The van der Waals surface area contributed by atoms with Crippen molar-refractivity contribution in [3.8, 4) is 5.88 Å². The van der Waals surface area contributed by atoms with Crippen LogP contribution in [0.4, 0.5) is 5.69 Å². The van der Waals surface area contributed by atoms with Crippen molar-refractivity contribution in [2.24, 2.45) is 16.0 Å². The van der Waals surface area contributed by atoms with E-state index in [1.165, 1.54) is 4.57 Å². The average molecular weight is 395 g/mol. The molecule has 0 bridgehead atoms. The summed E-state index contributed by atoms with van der Waals surface area (Å²) in [5, 5.41) is 21.7. The zero-order chi connectivity index (χ0) is 18.9. The van der Waals surface area contributed by atoms with Gasteiger partial charge in [0.15, 0.2) is 15.5 Å². The van der Waals surface area contributed by atoms with Crippen LogP contribution in [-0.2, 0) is 21.2 Å². The highest BCUT2D eigenvalue weighted by Crippen LogP contribution is 2.38. The molecule has 1 fully saturated rings. The third-order valence-corrected chi connectivity index (χ3v) is 6.00. The molecule has 4 N–H and O–H groups in total. The number of benzene rings is 1. The van der Waals surface area contributed by atoms with Crippen molar-refractivity contribution in [2.45, 2.75) is 19.0 Å². The largest absolute Gasteiger partial charge is 0.493 e. The van der Waals surface area contributed by atoms with E-state index in [1.54, 1.807) is 24.3 Å². The van der Waals surface area contributed by atoms with E-state index in [-0.39, 0.29) is 40.8 Å². The van der Waals surface area contributed by atoms with E-state index < -0.39 is 15.7 Å². The predicted molar refractivity (Wildman–Crippen MR) is 100 cm³/mol. The molecule has 0 spiro atoms. The molecule has 2 aromatic rings. The molecule has 0 saturated carbocycles. The van der Waals surface area contributed by atoms with Crippen LogP contribution in [-0.4, -0.2) is 46.7 Å². The Labute approximate surface area is 154 Å². The van der Waals surface area contributed by atoms with E-state index in [4.69, 9.17) is 18.0 Å². The van der Waals surface area contributed by atoms with E-state index in [2.05, 4.69) is 15.5 Å². The monoisotopic (exact) mass is 395 g/mol. The molecule has 1 saturated heterocycles. The third-order valence-electron chi connectivity index (χ3n) is 4.03. The first-order chi connectivity index (χ1) is 12.3. The summed E-state index contributed by atoms with van der Waals surface area (Å²) >= 11 is 5.08. The first-order valence-corrected chi connectivity index (χ1v) is 10.0. The molecule has 1 atom stereocenters. The Kier molecular flexibility index (Phi) is 4.92. The molecular formula is C15H17N5O4S2. The lowest BCUT2D eigenvalue weighted by Crippen LogP contribution is -2.33. The number of nitrogens with one attached hydrogen (secondary N) is 1. The lowest BCUT2D eigenvalue weighted by Gasteiger charge is -2.08. The molecule has 1 aromatic heterocycles. The maximum atomic E-state index is 11.5. The van der Waals surface area contributed by atoms with Crippen LogP contribution < -0.4 is 11.1 Å². The fraction of sp³-hybridized carbons (Fsp3) is 0.333. The molecule has 2 heterocycles. The Hall–Kier alpha value is -2.53. The van der Waals surface area contributed by atoms with Crippen LogP contribution in [0.2, 0.25) is 0 Å². The zero-order valence-electron chi connectivity index (χ0n) is 13.6. The minimum absolute atomic E-state index is 0.00578. The Morgan fingerprint density at radius 1 is 1.42 bits per heavy atom. The molecule has 1 amide bonds. The number of nitrogens with two attached hydrogens (primary N) is 1. The average Bonchev–Trinajstić information content (AvgIpc) is 3.03. The summed E-state index contributed by atoms with van der Waals surface area (Å²) in [7, 11) is -3.03. The number of nitrogens with zero attached hydrogens (tertiary/aromatic N) is 3. The standard InChI is InChI=1S/C15H17N5O4S2/c16-12(21)7-20-11-4-2-1-3-10(11)13(14(20)22)18-19-15(25)17-9-5-6-26(23,24)8-9/h1-4,9,22H,5-8H2,(H2,16,21)(H,17,25)/t9-/m1/s1. The molecule has 1 aliphatic heterocycles. The van der Waals surface area contributed by atoms with Crippen molar-refractivity contribution in [3.63, 3.8) is 0 Å². The third kappa shape index (κ3) is 3.83. The summed E-state index contributed by atoms with van der Waals surface area (Å²) in [6, 6.07) is 6.66. The Morgan fingerprint density at radius 3 is 2.81 bits per heavy atom. The van der Waals surface area contributed by atoms with E-state index in [1.807, 2.05) is 0 Å². The molecule has 1 aliphatic rings. The van der Waals surface area contributed by atoms with Gasteiger partial charge in [-0.2, -0.15) is 0 Å². The van der Waals surface area contributed by atoms with Crippen molar-refractivity contribution in [3.05, 3.63) is 24.3 Å². The van der Waals surface area contributed by atoms with Gasteiger partial charge in [0, 0.05) is 11.4 Å². The summed E-state index contributed by atoms with van der Waals surface area (Å²) in [5.41, 5.74) is 5.96. The van der Waals surface area contributed by atoms with Crippen molar-refractivity contribution < 1.29 is 18.3 Å². The molecule has 3 rings (SSSR count). The number of fused-ring (bicyclic) bond motifs is 1. The number of sulfone groups is 1. The van der Waals surface area contributed by atoms with Gasteiger partial charge in [-0.15, -0.1) is 10.2 Å². The molecule has 0 unspecified atom stereocenters. The molecule has 1 aromatic carbocycles. The lowest BCUT2D eigenvalue weighted by atomic mass is 10.2. The number of aromatic nitrogens is 1. The second-order valence-electron chi connectivity index (χ2n) is 5.99. The maximum Gasteiger partial charge on any atom is 0.237 e. The fourth-order valence-electron chi connectivity index (χ4n) is 2.89. The van der Waals surface area contributed by atoms with Crippen LogP contribution in [0.25, 0.3) is 10.9 Å². The van der Waals surface area contributed by atoms with E-state index in [0.717, 1.165) is 0 Å². The van der Waals surface area contributed by atoms with Gasteiger partial charge in [0.2, 0.25) is 16.9 Å². The van der Waals surface area contributed by atoms with E-state index >= 15 is 0 Å². The number of thiocarbonyl (C=S) groups is 1. The van der Waals surface area contributed by atoms with Crippen LogP contribution in [0, 0.1) is 0 Å². The van der Waals surface area contributed by atoms with Crippen LogP contribution in [0.15, 0.2) is 34.5 Å². The highest BCUT2D eigenvalue weighted by molar-refractivity contribution is 7.91. The van der Waals surface area contributed by atoms with Gasteiger partial charge in [0.25, 0.3) is 0 Å². The number of para-hydroxylation sites is 1. The maximum absolute atomic E-state index is 11.5. The van der Waals surface area contributed by atoms with Crippen LogP contribution in [0.1, 0.15) is 6.42 Å². The number of carbonyl (C=O) groups is 1. The second-order valence-corrected chi connectivity index (χ2v) is 8.61. The van der Waals surface area contributed by atoms with Gasteiger partial charge < -0.3 is 20.7 Å². The number of azo groups is 1. The quantitative estimate of drug-likeness (QED) is 0.521. The molecule has 138 valence electrons. The number of amides is 1. The van der Waals surface area contributed by atoms with Gasteiger partial charge in [-0.05, 0) is 24.7 Å². The minimum Gasteiger partial charge on any atom is -0.493 e. The molecule has 0 aliphatic carbocycles. The lowest BCUT2D eigenvalue weighted by molar-refractivity contribution is -0.118. The van der Waals surface area contributed by atoms with Crippen LogP contribution in [0.5, 0.6) is 5.88 Å².